The molecule has 0 bridgehead atoms. The SMILES string of the molecule is CCCNCC(C)Oc1ccc(C(C)(C)CC)cc1. The molecule has 0 heterocycles. The molecule has 0 aliphatic heterocycles. The molecule has 0 saturated heterocycles. The highest BCUT2D eigenvalue weighted by molar-refractivity contribution is 5.31. The van der Waals surface area contributed by atoms with Gasteiger partial charge < -0.3 is 10.1 Å². The second-order valence-corrected chi connectivity index (χ2v) is 5.89. The average molecular weight is 263 g/mol. The number of ether oxygens (including phenoxy) is 1. The second kappa shape index (κ2) is 7.54. The summed E-state index contributed by atoms with van der Waals surface area (Å²) >= 11 is 0. The van der Waals surface area contributed by atoms with E-state index in [2.05, 4.69) is 64.2 Å². The van der Waals surface area contributed by atoms with Crippen molar-refractivity contribution in [2.75, 3.05) is 13.1 Å². The third-order valence-electron chi connectivity index (χ3n) is 3.72. The van der Waals surface area contributed by atoms with Crippen molar-refractivity contribution in [2.24, 2.45) is 0 Å². The van der Waals surface area contributed by atoms with Crippen molar-refractivity contribution < 1.29 is 4.74 Å². The zero-order valence-corrected chi connectivity index (χ0v) is 13.1. The lowest BCUT2D eigenvalue weighted by molar-refractivity contribution is 0.217. The Morgan fingerprint density at radius 1 is 1.16 bits per heavy atom. The summed E-state index contributed by atoms with van der Waals surface area (Å²) in [6.45, 7) is 13.0. The van der Waals surface area contributed by atoms with Crippen molar-refractivity contribution >= 4 is 0 Å². The molecular weight excluding hydrogens is 234 g/mol. The summed E-state index contributed by atoms with van der Waals surface area (Å²) in [6, 6.07) is 8.54. The maximum Gasteiger partial charge on any atom is 0.119 e. The molecule has 0 saturated carbocycles. The van der Waals surface area contributed by atoms with Crippen molar-refractivity contribution in [1.82, 2.24) is 5.32 Å². The summed E-state index contributed by atoms with van der Waals surface area (Å²) in [4.78, 5) is 0. The van der Waals surface area contributed by atoms with Gasteiger partial charge in [0, 0.05) is 6.54 Å². The van der Waals surface area contributed by atoms with Crippen LogP contribution < -0.4 is 10.1 Å². The molecular formula is C17H29NO. The fraction of sp³-hybridized carbons (Fsp3) is 0.647. The lowest BCUT2D eigenvalue weighted by atomic mass is 9.82. The van der Waals surface area contributed by atoms with Crippen LogP contribution in [0.4, 0.5) is 0 Å². The lowest BCUT2D eigenvalue weighted by Gasteiger charge is -2.23. The van der Waals surface area contributed by atoms with E-state index in [4.69, 9.17) is 4.74 Å². The predicted molar refractivity (Wildman–Crippen MR) is 83.0 cm³/mol. The van der Waals surface area contributed by atoms with E-state index in [1.54, 1.807) is 0 Å². The van der Waals surface area contributed by atoms with E-state index in [1.165, 1.54) is 5.56 Å². The summed E-state index contributed by atoms with van der Waals surface area (Å²) < 4.78 is 5.90. The highest BCUT2D eigenvalue weighted by atomic mass is 16.5. The first-order valence-electron chi connectivity index (χ1n) is 7.47. The fourth-order valence-electron chi connectivity index (χ4n) is 1.94. The predicted octanol–water partition coefficient (Wildman–Crippen LogP) is 4.14. The first-order valence-corrected chi connectivity index (χ1v) is 7.47. The minimum atomic E-state index is 0.205. The van der Waals surface area contributed by atoms with Gasteiger partial charge in [-0.2, -0.15) is 0 Å². The van der Waals surface area contributed by atoms with Gasteiger partial charge in [0.2, 0.25) is 0 Å². The Kier molecular flexibility index (Phi) is 6.36. The minimum Gasteiger partial charge on any atom is -0.489 e. The fourth-order valence-corrected chi connectivity index (χ4v) is 1.94. The topological polar surface area (TPSA) is 21.3 Å². The van der Waals surface area contributed by atoms with Crippen molar-refractivity contribution in [3.8, 4) is 5.75 Å². The molecule has 1 aromatic rings. The van der Waals surface area contributed by atoms with Crippen molar-refractivity contribution in [3.05, 3.63) is 29.8 Å². The molecule has 0 aromatic heterocycles. The Morgan fingerprint density at radius 3 is 2.32 bits per heavy atom. The minimum absolute atomic E-state index is 0.205. The molecule has 108 valence electrons. The molecule has 0 fully saturated rings. The maximum atomic E-state index is 5.90. The molecule has 1 N–H and O–H groups in total. The van der Waals surface area contributed by atoms with Gasteiger partial charge in [-0.1, -0.05) is 39.8 Å². The largest absolute Gasteiger partial charge is 0.489 e. The van der Waals surface area contributed by atoms with Crippen LogP contribution in [0.3, 0.4) is 0 Å². The van der Waals surface area contributed by atoms with Crippen LogP contribution in [0.1, 0.15) is 53.0 Å². The van der Waals surface area contributed by atoms with Gasteiger partial charge in [-0.3, -0.25) is 0 Å². The third-order valence-corrected chi connectivity index (χ3v) is 3.72. The summed E-state index contributed by atoms with van der Waals surface area (Å²) in [6.07, 6.45) is 2.51. The lowest BCUT2D eigenvalue weighted by Crippen LogP contribution is -2.29. The van der Waals surface area contributed by atoms with E-state index in [-0.39, 0.29) is 11.5 Å². The molecule has 1 unspecified atom stereocenters. The van der Waals surface area contributed by atoms with Gasteiger partial charge in [-0.05, 0) is 49.4 Å². The maximum absolute atomic E-state index is 5.90. The highest BCUT2D eigenvalue weighted by Crippen LogP contribution is 2.28. The molecule has 0 aliphatic carbocycles. The Morgan fingerprint density at radius 2 is 1.79 bits per heavy atom. The zero-order chi connectivity index (χ0) is 14.3. The molecule has 0 radical (unpaired) electrons. The van der Waals surface area contributed by atoms with Crippen LogP contribution in [0.15, 0.2) is 24.3 Å². The van der Waals surface area contributed by atoms with E-state index in [9.17, 15) is 0 Å². The molecule has 0 amide bonds. The van der Waals surface area contributed by atoms with Gasteiger partial charge in [0.25, 0.3) is 0 Å². The summed E-state index contributed by atoms with van der Waals surface area (Å²) in [5.41, 5.74) is 1.62. The smallest absolute Gasteiger partial charge is 0.119 e. The van der Waals surface area contributed by atoms with Crippen LogP contribution in [0.25, 0.3) is 0 Å². The molecule has 2 nitrogen and oxygen atoms in total. The van der Waals surface area contributed by atoms with E-state index in [1.807, 2.05) is 0 Å². The molecule has 2 heteroatoms. The summed E-state index contributed by atoms with van der Waals surface area (Å²) in [5.74, 6) is 0.960. The summed E-state index contributed by atoms with van der Waals surface area (Å²) in [5, 5.41) is 3.37. The van der Waals surface area contributed by atoms with Gasteiger partial charge >= 0.3 is 0 Å². The van der Waals surface area contributed by atoms with Crippen molar-refractivity contribution in [3.63, 3.8) is 0 Å². The Bertz CT molecular complexity index is 356. The van der Waals surface area contributed by atoms with Gasteiger partial charge in [0.1, 0.15) is 11.9 Å². The zero-order valence-electron chi connectivity index (χ0n) is 13.1. The Hall–Kier alpha value is -1.02. The van der Waals surface area contributed by atoms with E-state index in [0.717, 1.165) is 31.7 Å². The average Bonchev–Trinajstić information content (AvgIpc) is 2.39. The van der Waals surface area contributed by atoms with Gasteiger partial charge in [-0.15, -0.1) is 0 Å². The van der Waals surface area contributed by atoms with Crippen LogP contribution in [0.2, 0.25) is 0 Å². The molecule has 0 aliphatic rings. The first-order chi connectivity index (χ1) is 8.99. The van der Waals surface area contributed by atoms with Crippen molar-refractivity contribution in [2.45, 2.75) is 59.0 Å². The second-order valence-electron chi connectivity index (χ2n) is 5.89. The third kappa shape index (κ3) is 5.23. The highest BCUT2D eigenvalue weighted by Gasteiger charge is 2.17. The monoisotopic (exact) mass is 263 g/mol. The van der Waals surface area contributed by atoms with Crippen LogP contribution in [0, 0.1) is 0 Å². The van der Waals surface area contributed by atoms with Gasteiger partial charge in [0.05, 0.1) is 0 Å². The molecule has 19 heavy (non-hydrogen) atoms. The van der Waals surface area contributed by atoms with E-state index in [0.29, 0.717) is 0 Å². The quantitative estimate of drug-likeness (QED) is 0.712. The molecule has 1 aromatic carbocycles. The Balaban J connectivity index is 2.52. The number of hydrogen-bond acceptors (Lipinski definition) is 2. The van der Waals surface area contributed by atoms with Crippen LogP contribution in [-0.4, -0.2) is 19.2 Å². The summed E-state index contributed by atoms with van der Waals surface area (Å²) in [7, 11) is 0. The molecule has 1 atom stereocenters. The standard InChI is InChI=1S/C17H29NO/c1-6-12-18-13-14(3)19-16-10-8-15(9-11-16)17(4,5)7-2/h8-11,14,18H,6-7,12-13H2,1-5H3. The normalized spacial score (nSPS) is 13.3. The first kappa shape index (κ1) is 16.0. The van der Waals surface area contributed by atoms with E-state index >= 15 is 0 Å². The van der Waals surface area contributed by atoms with Crippen molar-refractivity contribution in [1.29, 1.82) is 0 Å². The number of benzene rings is 1. The number of hydrogen-bond donors (Lipinski definition) is 1. The number of rotatable bonds is 8. The Labute approximate surface area is 118 Å². The molecule has 1 rings (SSSR count). The van der Waals surface area contributed by atoms with E-state index < -0.39 is 0 Å². The van der Waals surface area contributed by atoms with Crippen LogP contribution in [-0.2, 0) is 5.41 Å². The van der Waals surface area contributed by atoms with Gasteiger partial charge in [-0.25, -0.2) is 0 Å². The van der Waals surface area contributed by atoms with Crippen LogP contribution in [0.5, 0.6) is 5.75 Å². The van der Waals surface area contributed by atoms with Crippen LogP contribution >= 0.6 is 0 Å². The number of nitrogens with one attached hydrogen (secondary N) is 1. The molecule has 0 spiro atoms. The van der Waals surface area contributed by atoms with Gasteiger partial charge in [0.15, 0.2) is 0 Å².